The molecule has 1 aromatic carbocycles. The van der Waals surface area contributed by atoms with Gasteiger partial charge in [-0.25, -0.2) is 0 Å². The Bertz CT molecular complexity index is 890. The van der Waals surface area contributed by atoms with Gasteiger partial charge in [0.05, 0.1) is 13.2 Å². The van der Waals surface area contributed by atoms with Gasteiger partial charge in [0.1, 0.15) is 12.1 Å². The van der Waals surface area contributed by atoms with E-state index in [1.165, 1.54) is 0 Å². The molecule has 1 aliphatic rings. The summed E-state index contributed by atoms with van der Waals surface area (Å²) in [4.78, 5) is 13.0. The first kappa shape index (κ1) is 16.5. The summed E-state index contributed by atoms with van der Waals surface area (Å²) < 4.78 is 9.31. The Morgan fingerprint density at radius 1 is 1.27 bits per heavy atom. The number of ether oxygens (including phenoxy) is 1. The van der Waals surface area contributed by atoms with Crippen molar-refractivity contribution < 1.29 is 9.53 Å². The molecule has 3 heterocycles. The molecule has 0 fully saturated rings. The molecule has 1 unspecified atom stereocenters. The van der Waals surface area contributed by atoms with Crippen molar-refractivity contribution in [3.63, 3.8) is 0 Å². The second kappa shape index (κ2) is 6.72. The van der Waals surface area contributed by atoms with Crippen LogP contribution in [0.25, 0.3) is 11.4 Å². The van der Waals surface area contributed by atoms with Crippen LogP contribution < -0.4 is 5.32 Å². The molecule has 4 rings (SSSR count). The molecule has 1 amide bonds. The van der Waals surface area contributed by atoms with Crippen molar-refractivity contribution in [1.82, 2.24) is 29.9 Å². The van der Waals surface area contributed by atoms with Crippen LogP contribution in [0.5, 0.6) is 0 Å². The highest BCUT2D eigenvalue weighted by atomic mass is 16.5. The van der Waals surface area contributed by atoms with E-state index >= 15 is 0 Å². The highest BCUT2D eigenvalue weighted by molar-refractivity contribution is 5.85. The molecule has 1 N–H and O–H groups in total. The lowest BCUT2D eigenvalue weighted by Crippen LogP contribution is -2.53. The Morgan fingerprint density at radius 3 is 2.88 bits per heavy atom. The fraction of sp³-hybridized carbons (Fsp3) is 0.333. The highest BCUT2D eigenvalue weighted by Crippen LogP contribution is 2.30. The molecule has 0 aliphatic carbocycles. The fourth-order valence-corrected chi connectivity index (χ4v) is 3.18. The van der Waals surface area contributed by atoms with Gasteiger partial charge >= 0.3 is 0 Å². The van der Waals surface area contributed by atoms with Crippen molar-refractivity contribution in [1.29, 1.82) is 0 Å². The van der Waals surface area contributed by atoms with Gasteiger partial charge in [-0.2, -0.15) is 5.10 Å². The van der Waals surface area contributed by atoms with Crippen LogP contribution in [0.3, 0.4) is 0 Å². The maximum absolute atomic E-state index is 13.0. The smallest absolute Gasteiger partial charge is 0.248 e. The lowest BCUT2D eigenvalue weighted by molar-refractivity contribution is -0.135. The van der Waals surface area contributed by atoms with E-state index in [1.54, 1.807) is 10.9 Å². The van der Waals surface area contributed by atoms with Gasteiger partial charge in [-0.05, 0) is 13.0 Å². The van der Waals surface area contributed by atoms with Crippen molar-refractivity contribution in [2.24, 2.45) is 0 Å². The third-order valence-corrected chi connectivity index (χ3v) is 4.54. The first-order valence-electron chi connectivity index (χ1n) is 8.52. The molecule has 134 valence electrons. The minimum absolute atomic E-state index is 0.123. The average molecular weight is 352 g/mol. The summed E-state index contributed by atoms with van der Waals surface area (Å²) in [6.07, 6.45) is 3.58. The second-order valence-corrected chi connectivity index (χ2v) is 6.43. The molecule has 0 bridgehead atoms. The third kappa shape index (κ3) is 2.88. The standard InChI is InChI=1S/C18H20N6O2/c1-18(17(25)19-9-11-23-10-5-8-20-23)13-26-12-15-21-22-16(24(15)18)14-6-3-2-4-7-14/h2-8,10H,9,11-13H2,1H3,(H,19,25). The SMILES string of the molecule is CC1(C(=O)NCCn2cccn2)COCc2nnc(-c3ccccc3)n21. The van der Waals surface area contributed by atoms with Gasteiger partial charge in [-0.15, -0.1) is 10.2 Å². The zero-order valence-corrected chi connectivity index (χ0v) is 14.5. The van der Waals surface area contributed by atoms with Crippen LogP contribution in [0.2, 0.25) is 0 Å². The Kier molecular flexibility index (Phi) is 4.26. The number of nitrogens with zero attached hydrogens (tertiary/aromatic N) is 5. The zero-order valence-electron chi connectivity index (χ0n) is 14.5. The number of carbonyl (C=O) groups is 1. The van der Waals surface area contributed by atoms with E-state index in [-0.39, 0.29) is 12.5 Å². The molecular formula is C18H20N6O2. The van der Waals surface area contributed by atoms with E-state index < -0.39 is 5.54 Å². The number of rotatable bonds is 5. The maximum atomic E-state index is 13.0. The van der Waals surface area contributed by atoms with E-state index in [4.69, 9.17) is 4.74 Å². The van der Waals surface area contributed by atoms with Gasteiger partial charge in [0.15, 0.2) is 11.6 Å². The van der Waals surface area contributed by atoms with Crippen LogP contribution in [0.15, 0.2) is 48.8 Å². The Balaban J connectivity index is 1.59. The third-order valence-electron chi connectivity index (χ3n) is 4.54. The number of fused-ring (bicyclic) bond motifs is 1. The van der Waals surface area contributed by atoms with E-state index in [0.29, 0.717) is 31.3 Å². The Morgan fingerprint density at radius 2 is 2.12 bits per heavy atom. The van der Waals surface area contributed by atoms with Gasteiger partial charge in [0, 0.05) is 24.5 Å². The number of amides is 1. The lowest BCUT2D eigenvalue weighted by Gasteiger charge is -2.35. The quantitative estimate of drug-likeness (QED) is 0.746. The summed E-state index contributed by atoms with van der Waals surface area (Å²) in [5, 5.41) is 15.7. The number of carbonyl (C=O) groups excluding carboxylic acids is 1. The Labute approximate surface area is 150 Å². The van der Waals surface area contributed by atoms with Crippen LogP contribution in [-0.4, -0.2) is 43.6 Å². The van der Waals surface area contributed by atoms with Gasteiger partial charge in [-0.3, -0.25) is 14.0 Å². The maximum Gasteiger partial charge on any atom is 0.248 e. The van der Waals surface area contributed by atoms with Crippen LogP contribution in [0, 0.1) is 0 Å². The van der Waals surface area contributed by atoms with Crippen LogP contribution in [-0.2, 0) is 28.2 Å². The summed E-state index contributed by atoms with van der Waals surface area (Å²) in [6, 6.07) is 11.6. The van der Waals surface area contributed by atoms with E-state index in [1.807, 2.05) is 54.1 Å². The molecule has 1 aliphatic heterocycles. The average Bonchev–Trinajstić information content (AvgIpc) is 3.33. The van der Waals surface area contributed by atoms with Crippen LogP contribution >= 0.6 is 0 Å². The predicted octanol–water partition coefficient (Wildman–Crippen LogP) is 1.20. The van der Waals surface area contributed by atoms with Crippen LogP contribution in [0.1, 0.15) is 12.7 Å². The summed E-state index contributed by atoms with van der Waals surface area (Å²) in [5.41, 5.74) is 0.00976. The molecule has 0 saturated carbocycles. The van der Waals surface area contributed by atoms with Crippen molar-refractivity contribution >= 4 is 5.91 Å². The molecule has 0 spiro atoms. The van der Waals surface area contributed by atoms with Gasteiger partial charge in [-0.1, -0.05) is 30.3 Å². The molecule has 3 aromatic rings. The van der Waals surface area contributed by atoms with E-state index in [2.05, 4.69) is 20.6 Å². The topological polar surface area (TPSA) is 86.9 Å². The second-order valence-electron chi connectivity index (χ2n) is 6.43. The largest absolute Gasteiger partial charge is 0.370 e. The first-order valence-corrected chi connectivity index (χ1v) is 8.52. The first-order chi connectivity index (χ1) is 12.7. The van der Waals surface area contributed by atoms with Crippen molar-refractivity contribution in [2.75, 3.05) is 13.2 Å². The monoisotopic (exact) mass is 352 g/mol. The van der Waals surface area contributed by atoms with Crippen molar-refractivity contribution in [3.8, 4) is 11.4 Å². The molecule has 0 saturated heterocycles. The summed E-state index contributed by atoms with van der Waals surface area (Å²) in [7, 11) is 0. The summed E-state index contributed by atoms with van der Waals surface area (Å²) in [6.45, 7) is 3.56. The van der Waals surface area contributed by atoms with Gasteiger partial charge in [0.25, 0.3) is 0 Å². The lowest BCUT2D eigenvalue weighted by atomic mass is 9.99. The molecule has 8 heteroatoms. The molecule has 2 aromatic heterocycles. The Hall–Kier alpha value is -3.00. The highest BCUT2D eigenvalue weighted by Gasteiger charge is 2.42. The normalized spacial score (nSPS) is 19.1. The number of hydrogen-bond acceptors (Lipinski definition) is 5. The number of aromatic nitrogens is 5. The van der Waals surface area contributed by atoms with Crippen molar-refractivity contribution in [3.05, 3.63) is 54.6 Å². The minimum Gasteiger partial charge on any atom is -0.370 e. The van der Waals surface area contributed by atoms with E-state index in [0.717, 1.165) is 5.56 Å². The fourth-order valence-electron chi connectivity index (χ4n) is 3.18. The molecule has 1 atom stereocenters. The summed E-state index contributed by atoms with van der Waals surface area (Å²) >= 11 is 0. The zero-order chi connectivity index (χ0) is 18.0. The molecule has 26 heavy (non-hydrogen) atoms. The predicted molar refractivity (Wildman–Crippen MR) is 94.0 cm³/mol. The number of benzene rings is 1. The van der Waals surface area contributed by atoms with Gasteiger partial charge in [0.2, 0.25) is 5.91 Å². The molecule has 8 nitrogen and oxygen atoms in total. The minimum atomic E-state index is -0.910. The molecular weight excluding hydrogens is 332 g/mol. The van der Waals surface area contributed by atoms with Gasteiger partial charge < -0.3 is 10.1 Å². The van der Waals surface area contributed by atoms with Crippen molar-refractivity contribution in [2.45, 2.75) is 25.6 Å². The molecule has 0 radical (unpaired) electrons. The van der Waals surface area contributed by atoms with Crippen LogP contribution in [0.4, 0.5) is 0 Å². The van der Waals surface area contributed by atoms with E-state index in [9.17, 15) is 4.79 Å². The number of hydrogen-bond donors (Lipinski definition) is 1. The number of nitrogens with one attached hydrogen (secondary N) is 1. The summed E-state index contributed by atoms with van der Waals surface area (Å²) in [5.74, 6) is 1.20.